The topological polar surface area (TPSA) is 112 Å². The lowest BCUT2D eigenvalue weighted by molar-refractivity contribution is -0.151. The first-order valence-corrected chi connectivity index (χ1v) is 12.5. The molecule has 10 nitrogen and oxygen atoms in total. The van der Waals surface area contributed by atoms with Crippen LogP contribution < -0.4 is 15.1 Å². The molecular formula is C25H29BrN4O6. The fourth-order valence-electron chi connectivity index (χ4n) is 4.80. The standard InChI is InChI=1S/C25H29BrN4O6/c1-35-25(33)30-16-18(36-21-10-6-5-9-20(21)26)15-19(23(31)27-34)22(30)24(32)29-13-11-28(12-14-29)17-7-3-2-4-8-17/h2-10,18-19,22,34H,11-16H2,1H3,(H,27,31)/t18-,19-,22-/m0/s1. The summed E-state index contributed by atoms with van der Waals surface area (Å²) in [6, 6.07) is 16.0. The van der Waals surface area contributed by atoms with Crippen LogP contribution in [0.25, 0.3) is 0 Å². The van der Waals surface area contributed by atoms with Gasteiger partial charge in [-0.1, -0.05) is 30.3 Å². The van der Waals surface area contributed by atoms with Crippen LogP contribution in [0.4, 0.5) is 10.5 Å². The second kappa shape index (κ2) is 11.6. The van der Waals surface area contributed by atoms with E-state index < -0.39 is 30.1 Å². The van der Waals surface area contributed by atoms with Crippen LogP contribution in [0.15, 0.2) is 59.1 Å². The quantitative estimate of drug-likeness (QED) is 0.427. The molecule has 2 aliphatic rings. The maximum absolute atomic E-state index is 13.7. The number of rotatable bonds is 5. The number of likely N-dealkylation sites (tertiary alicyclic amines) is 1. The molecule has 0 aromatic heterocycles. The lowest BCUT2D eigenvalue weighted by atomic mass is 9.86. The number of halogens is 1. The third kappa shape index (κ3) is 5.57. The Kier molecular flexibility index (Phi) is 8.32. The van der Waals surface area contributed by atoms with E-state index in [1.54, 1.807) is 22.5 Å². The average Bonchev–Trinajstić information content (AvgIpc) is 2.93. The van der Waals surface area contributed by atoms with Crippen molar-refractivity contribution in [2.45, 2.75) is 18.6 Å². The highest BCUT2D eigenvalue weighted by atomic mass is 79.9. The average molecular weight is 561 g/mol. The zero-order valence-electron chi connectivity index (χ0n) is 19.9. The van der Waals surface area contributed by atoms with Crippen LogP contribution in [0.1, 0.15) is 6.42 Å². The summed E-state index contributed by atoms with van der Waals surface area (Å²) in [6.07, 6.45) is -1.22. The van der Waals surface area contributed by atoms with E-state index in [-0.39, 0.29) is 18.9 Å². The summed E-state index contributed by atoms with van der Waals surface area (Å²) in [6.45, 7) is 2.15. The van der Waals surface area contributed by atoms with E-state index in [2.05, 4.69) is 20.8 Å². The third-order valence-corrected chi connectivity index (χ3v) is 7.24. The molecule has 2 saturated heterocycles. The number of nitrogens with one attached hydrogen (secondary N) is 1. The molecule has 0 saturated carbocycles. The molecule has 2 fully saturated rings. The van der Waals surface area contributed by atoms with Gasteiger partial charge in [0.2, 0.25) is 11.8 Å². The molecule has 11 heteroatoms. The first kappa shape index (κ1) is 25.8. The predicted octanol–water partition coefficient (Wildman–Crippen LogP) is 2.51. The molecule has 0 radical (unpaired) electrons. The van der Waals surface area contributed by atoms with Crippen molar-refractivity contribution >= 4 is 39.5 Å². The van der Waals surface area contributed by atoms with Crippen LogP contribution in [0.5, 0.6) is 5.75 Å². The van der Waals surface area contributed by atoms with Gasteiger partial charge in [0.15, 0.2) is 0 Å². The number of carbonyl (C=O) groups excluding carboxylic acids is 3. The lowest BCUT2D eigenvalue weighted by Crippen LogP contribution is -2.64. The molecule has 0 bridgehead atoms. The Morgan fingerprint density at radius 3 is 2.31 bits per heavy atom. The smallest absolute Gasteiger partial charge is 0.410 e. The summed E-state index contributed by atoms with van der Waals surface area (Å²) in [4.78, 5) is 44.3. The summed E-state index contributed by atoms with van der Waals surface area (Å²) < 4.78 is 11.8. The van der Waals surface area contributed by atoms with Crippen molar-refractivity contribution < 1.29 is 29.1 Å². The van der Waals surface area contributed by atoms with E-state index >= 15 is 0 Å². The molecule has 2 aromatic rings. The molecule has 2 N–H and O–H groups in total. The molecule has 4 rings (SSSR count). The molecule has 2 aromatic carbocycles. The van der Waals surface area contributed by atoms with Gasteiger partial charge >= 0.3 is 6.09 Å². The van der Waals surface area contributed by atoms with Crippen molar-refractivity contribution in [2.24, 2.45) is 5.92 Å². The zero-order chi connectivity index (χ0) is 25.7. The molecule has 36 heavy (non-hydrogen) atoms. The third-order valence-electron chi connectivity index (χ3n) is 6.59. The normalized spacial score (nSPS) is 22.1. The molecule has 2 aliphatic heterocycles. The van der Waals surface area contributed by atoms with Gasteiger partial charge in [0.05, 0.1) is 24.0 Å². The second-order valence-electron chi connectivity index (χ2n) is 8.70. The molecule has 0 spiro atoms. The van der Waals surface area contributed by atoms with Crippen molar-refractivity contribution in [1.82, 2.24) is 15.3 Å². The minimum Gasteiger partial charge on any atom is -0.487 e. The number of ether oxygens (including phenoxy) is 2. The second-order valence-corrected chi connectivity index (χ2v) is 9.56. The number of piperazine rings is 1. The van der Waals surface area contributed by atoms with E-state index in [4.69, 9.17) is 9.47 Å². The molecule has 2 heterocycles. The predicted molar refractivity (Wildman–Crippen MR) is 135 cm³/mol. The van der Waals surface area contributed by atoms with Gasteiger partial charge in [0.25, 0.3) is 0 Å². The lowest BCUT2D eigenvalue weighted by Gasteiger charge is -2.45. The summed E-state index contributed by atoms with van der Waals surface area (Å²) in [7, 11) is 1.22. The molecule has 0 unspecified atom stereocenters. The van der Waals surface area contributed by atoms with Crippen LogP contribution in [-0.2, 0) is 14.3 Å². The number of amides is 3. The van der Waals surface area contributed by atoms with E-state index in [0.717, 1.165) is 5.69 Å². The highest BCUT2D eigenvalue weighted by Gasteiger charge is 2.49. The molecule has 3 atom stereocenters. The minimum atomic E-state index is -1.13. The first-order chi connectivity index (χ1) is 17.4. The largest absolute Gasteiger partial charge is 0.487 e. The van der Waals surface area contributed by atoms with E-state index in [1.165, 1.54) is 12.0 Å². The van der Waals surface area contributed by atoms with Gasteiger partial charge in [-0.3, -0.25) is 19.7 Å². The number of benzene rings is 2. The van der Waals surface area contributed by atoms with Crippen molar-refractivity contribution in [3.63, 3.8) is 0 Å². The van der Waals surface area contributed by atoms with Gasteiger partial charge in [0.1, 0.15) is 17.9 Å². The van der Waals surface area contributed by atoms with Crippen LogP contribution in [0.2, 0.25) is 0 Å². The van der Waals surface area contributed by atoms with Crippen molar-refractivity contribution in [1.29, 1.82) is 0 Å². The number of hydrogen-bond donors (Lipinski definition) is 2. The Morgan fingerprint density at radius 1 is 1.00 bits per heavy atom. The Bertz CT molecular complexity index is 1050. The molecular weight excluding hydrogens is 532 g/mol. The van der Waals surface area contributed by atoms with Crippen molar-refractivity contribution in [3.8, 4) is 5.75 Å². The van der Waals surface area contributed by atoms with E-state index in [0.29, 0.717) is 36.4 Å². The van der Waals surface area contributed by atoms with Gasteiger partial charge < -0.3 is 19.3 Å². The number of carbonyl (C=O) groups is 3. The first-order valence-electron chi connectivity index (χ1n) is 11.7. The molecule has 0 aliphatic carbocycles. The van der Waals surface area contributed by atoms with Crippen LogP contribution >= 0.6 is 15.9 Å². The summed E-state index contributed by atoms with van der Waals surface area (Å²) in [5.74, 6) is -1.61. The number of piperidine rings is 1. The number of hydroxylamine groups is 1. The zero-order valence-corrected chi connectivity index (χ0v) is 21.5. The summed E-state index contributed by atoms with van der Waals surface area (Å²) in [5.41, 5.74) is 2.74. The maximum Gasteiger partial charge on any atom is 0.410 e. The van der Waals surface area contributed by atoms with E-state index in [9.17, 15) is 19.6 Å². The Labute approximate surface area is 217 Å². The van der Waals surface area contributed by atoms with Crippen molar-refractivity contribution in [2.75, 3.05) is 44.7 Å². The van der Waals surface area contributed by atoms with E-state index in [1.807, 2.05) is 42.5 Å². The highest BCUT2D eigenvalue weighted by Crippen LogP contribution is 2.32. The Hall–Kier alpha value is -3.31. The van der Waals surface area contributed by atoms with Crippen LogP contribution in [0.3, 0.4) is 0 Å². The Morgan fingerprint density at radius 2 is 1.67 bits per heavy atom. The van der Waals surface area contributed by atoms with Gasteiger partial charge in [-0.05, 0) is 40.2 Å². The fraction of sp³-hybridized carbons (Fsp3) is 0.400. The van der Waals surface area contributed by atoms with Gasteiger partial charge in [-0.2, -0.15) is 0 Å². The fourth-order valence-corrected chi connectivity index (χ4v) is 5.18. The SMILES string of the molecule is COC(=O)N1C[C@@H](Oc2ccccc2Br)C[C@H](C(=O)NO)[C@H]1C(=O)N1CCN(c2ccccc2)CC1. The highest BCUT2D eigenvalue weighted by molar-refractivity contribution is 9.10. The van der Waals surface area contributed by atoms with Gasteiger partial charge in [-0.15, -0.1) is 0 Å². The molecule has 3 amide bonds. The minimum absolute atomic E-state index is 0.0452. The van der Waals surface area contributed by atoms with Crippen LogP contribution in [0, 0.1) is 5.92 Å². The number of methoxy groups -OCH3 is 1. The van der Waals surface area contributed by atoms with Gasteiger partial charge in [-0.25, -0.2) is 10.3 Å². The number of para-hydroxylation sites is 2. The van der Waals surface area contributed by atoms with Crippen LogP contribution in [-0.4, -0.2) is 84.9 Å². The number of nitrogens with zero attached hydrogens (tertiary/aromatic N) is 3. The Balaban J connectivity index is 1.54. The maximum atomic E-state index is 13.7. The number of anilines is 1. The van der Waals surface area contributed by atoms with Crippen molar-refractivity contribution in [3.05, 3.63) is 59.1 Å². The summed E-state index contributed by atoms with van der Waals surface area (Å²) >= 11 is 3.43. The number of hydrogen-bond acceptors (Lipinski definition) is 7. The monoisotopic (exact) mass is 560 g/mol. The molecule has 192 valence electrons. The van der Waals surface area contributed by atoms with Gasteiger partial charge in [0, 0.05) is 38.3 Å². The summed E-state index contributed by atoms with van der Waals surface area (Å²) in [5, 5.41) is 9.45.